The van der Waals surface area contributed by atoms with Gasteiger partial charge in [0.15, 0.2) is 17.6 Å². The zero-order chi connectivity index (χ0) is 56.3. The summed E-state index contributed by atoms with van der Waals surface area (Å²) in [4.78, 5) is 3.41. The molecular weight excluding hydrogens is 1010 g/mol. The third-order valence-electron chi connectivity index (χ3n) is 17.3. The van der Waals surface area contributed by atoms with E-state index >= 15 is 0 Å². The molecule has 0 saturated heterocycles. The second-order valence-corrected chi connectivity index (χ2v) is 23.7. The van der Waals surface area contributed by atoms with E-state index in [4.69, 9.17) is 18.9 Å². The molecule has 0 spiro atoms. The van der Waals surface area contributed by atoms with Crippen molar-refractivity contribution >= 4 is 17.0 Å². The fraction of sp³-hybridized carbons (Fsp3) is 0.412. The average Bonchev–Trinajstić information content (AvgIpc) is 4.09. The summed E-state index contributed by atoms with van der Waals surface area (Å²) >= 11 is 0. The number of aliphatic hydroxyl groups is 2. The van der Waals surface area contributed by atoms with Gasteiger partial charge in [-0.2, -0.15) is 0 Å². The maximum absolute atomic E-state index is 12.0. The van der Waals surface area contributed by atoms with Crippen LogP contribution in [0.5, 0.6) is 28.7 Å². The molecule has 0 radical (unpaired) electrons. The second kappa shape index (κ2) is 24.4. The second-order valence-electron chi connectivity index (χ2n) is 23.7. The molecule has 11 rings (SSSR count). The maximum Gasteiger partial charge on any atom is 0.161 e. The largest absolute Gasteiger partial charge is 0.507 e. The summed E-state index contributed by atoms with van der Waals surface area (Å²) < 4.78 is 28.1. The van der Waals surface area contributed by atoms with Crippen molar-refractivity contribution in [1.82, 2.24) is 26.3 Å². The number of H-pyrrole nitrogens is 1. The number of aryl methyl sites for hydroxylation is 3. The molecule has 426 valence electrons. The van der Waals surface area contributed by atoms with Crippen LogP contribution in [0.1, 0.15) is 114 Å². The first-order valence-corrected chi connectivity index (χ1v) is 29.3. The maximum atomic E-state index is 12.0. The first-order chi connectivity index (χ1) is 39.4. The summed E-state index contributed by atoms with van der Waals surface area (Å²) in [6, 6.07) is 37.7. The summed E-state index contributed by atoms with van der Waals surface area (Å²) in [5.41, 5.74) is 12.5. The summed E-state index contributed by atoms with van der Waals surface area (Å²) in [5.74, 6) is 2.33. The number of ether oxygens (including phenoxy) is 4. The normalized spacial score (nSPS) is 20.6. The lowest BCUT2D eigenvalue weighted by molar-refractivity contribution is -0.129. The van der Waals surface area contributed by atoms with Crippen LogP contribution in [0.4, 0.5) is 0 Å². The van der Waals surface area contributed by atoms with Crippen LogP contribution >= 0.6 is 0 Å². The van der Waals surface area contributed by atoms with Crippen molar-refractivity contribution in [3.8, 4) is 39.9 Å². The van der Waals surface area contributed by atoms with Gasteiger partial charge in [0.1, 0.15) is 29.0 Å². The minimum absolute atomic E-state index is 0.0631. The van der Waals surface area contributed by atoms with E-state index in [1.165, 1.54) is 16.7 Å². The molecule has 3 heterocycles. The van der Waals surface area contributed by atoms with Gasteiger partial charge in [-0.3, -0.25) is 5.32 Å². The van der Waals surface area contributed by atoms with Crippen LogP contribution in [0.25, 0.3) is 28.1 Å². The molecule has 7 aromatic rings. The smallest absolute Gasteiger partial charge is 0.161 e. The molecule has 13 heteroatoms. The number of hydrogen-bond donors (Lipinski definition) is 9. The molecule has 0 saturated carbocycles. The molecule has 1 aromatic heterocycles. The van der Waals surface area contributed by atoms with Gasteiger partial charge in [-0.1, -0.05) is 86.6 Å². The predicted molar refractivity (Wildman–Crippen MR) is 321 cm³/mol. The number of methoxy groups -OCH3 is 1. The fourth-order valence-corrected chi connectivity index (χ4v) is 13.7. The highest BCUT2D eigenvalue weighted by Gasteiger charge is 2.51. The molecule has 81 heavy (non-hydrogen) atoms. The lowest BCUT2D eigenvalue weighted by Gasteiger charge is -2.48. The summed E-state index contributed by atoms with van der Waals surface area (Å²) in [6.07, 6.45) is 9.21. The van der Waals surface area contributed by atoms with Crippen LogP contribution in [0.15, 0.2) is 121 Å². The molecule has 6 unspecified atom stereocenters. The zero-order valence-electron chi connectivity index (χ0n) is 47.7. The number of phenols is 2. The van der Waals surface area contributed by atoms with Gasteiger partial charge in [0.2, 0.25) is 0 Å². The number of rotatable bonds is 24. The predicted octanol–water partition coefficient (Wildman–Crippen LogP) is 10.3. The van der Waals surface area contributed by atoms with Gasteiger partial charge in [0, 0.05) is 72.6 Å². The standard InChI is InChI=1S/C68H81N5O8/c1-42(2)34-67(3,77)38-71-40-72-39-68(79-41-69-4)35-56-53-33-55-60(46-20-24-57-45(29-46)26-28-73-57)49(36-70-27-12-17-43-13-8-6-9-14-43)31-54-58(75)25-23-51(61(54)55)62(53)65-52(22-21-50(37-74)80-65)64(56)81-66(68)48-30-47(63(76)59(32-48)78-5)19-18-44-15-10-7-11-16-44/h6-11,13-16,20,23-26,28-32,42,50,55,60,66,69-77H,12,17-19,21-22,27,33-41H2,1-5H3. The Bertz CT molecular complexity index is 3360. The van der Waals surface area contributed by atoms with Gasteiger partial charge in [0.25, 0.3) is 0 Å². The van der Waals surface area contributed by atoms with E-state index in [0.29, 0.717) is 88.7 Å². The third-order valence-corrected chi connectivity index (χ3v) is 17.3. The molecule has 9 N–H and O–H groups in total. The van der Waals surface area contributed by atoms with Crippen molar-refractivity contribution < 1.29 is 39.4 Å². The summed E-state index contributed by atoms with van der Waals surface area (Å²) in [6.45, 7) is 8.81. The van der Waals surface area contributed by atoms with Crippen LogP contribution in [0.3, 0.4) is 0 Å². The van der Waals surface area contributed by atoms with Gasteiger partial charge >= 0.3 is 0 Å². The number of aromatic hydroxyl groups is 2. The van der Waals surface area contributed by atoms with Crippen molar-refractivity contribution in [2.75, 3.05) is 60.3 Å². The van der Waals surface area contributed by atoms with Crippen molar-refractivity contribution in [1.29, 1.82) is 0 Å². The first kappa shape index (κ1) is 56.2. The van der Waals surface area contributed by atoms with Crippen LogP contribution < -0.4 is 35.5 Å². The first-order valence-electron chi connectivity index (χ1n) is 29.3. The number of hydrogen-bond acceptors (Lipinski definition) is 12. The number of fused-ring (bicyclic) bond motifs is 8. The highest BCUT2D eigenvalue weighted by molar-refractivity contribution is 5.90. The quantitative estimate of drug-likeness (QED) is 0.0207. The Kier molecular flexibility index (Phi) is 16.9. The summed E-state index contributed by atoms with van der Waals surface area (Å²) in [7, 11) is 3.47. The van der Waals surface area contributed by atoms with Crippen molar-refractivity contribution in [2.45, 2.75) is 114 Å². The lowest BCUT2D eigenvalue weighted by Crippen LogP contribution is -2.56. The molecule has 0 amide bonds. The van der Waals surface area contributed by atoms with E-state index in [-0.39, 0.29) is 36.7 Å². The number of aromatic nitrogens is 1. The molecule has 0 fully saturated rings. The monoisotopic (exact) mass is 1100 g/mol. The molecule has 6 atom stereocenters. The van der Waals surface area contributed by atoms with E-state index in [0.717, 1.165) is 91.7 Å². The van der Waals surface area contributed by atoms with E-state index in [9.17, 15) is 20.4 Å². The van der Waals surface area contributed by atoms with E-state index in [1.807, 2.05) is 50.5 Å². The molecule has 2 aliphatic carbocycles. The SMILES string of the molecule is CNCOC1(CNCNCC(C)(O)CC(C)C)Cc2c3c(c4c(c2OC1c1cc(CCc2ccccc2)c(O)c(OC)c1)CCC(CO)O4)-c1ccc(O)c2c1C(C3)C(c1ccc3[nH]ccc3c1)C(CNCCCc1ccccc1)=C2. The van der Waals surface area contributed by atoms with Crippen LogP contribution in [0.2, 0.25) is 0 Å². The number of aromatic amines is 1. The van der Waals surface area contributed by atoms with Crippen molar-refractivity contribution in [2.24, 2.45) is 5.92 Å². The van der Waals surface area contributed by atoms with Crippen molar-refractivity contribution in [3.05, 3.63) is 177 Å². The molecular formula is C68H81N5O8. The van der Waals surface area contributed by atoms with Gasteiger partial charge < -0.3 is 60.3 Å². The average molecular weight is 1100 g/mol. The van der Waals surface area contributed by atoms with Gasteiger partial charge in [-0.15, -0.1) is 0 Å². The third kappa shape index (κ3) is 11.7. The molecule has 4 aliphatic rings. The topological polar surface area (TPSA) is 182 Å². The summed E-state index contributed by atoms with van der Waals surface area (Å²) in [5, 5.41) is 61.5. The highest BCUT2D eigenvalue weighted by Crippen LogP contribution is 2.61. The number of phenolic OH excluding ortho intramolecular Hbond substituents is 2. The highest BCUT2D eigenvalue weighted by atomic mass is 16.6. The van der Waals surface area contributed by atoms with Gasteiger partial charge in [-0.25, -0.2) is 0 Å². The lowest BCUT2D eigenvalue weighted by atomic mass is 9.62. The van der Waals surface area contributed by atoms with Crippen LogP contribution in [-0.2, 0) is 43.3 Å². The van der Waals surface area contributed by atoms with Crippen LogP contribution in [0, 0.1) is 5.92 Å². The van der Waals surface area contributed by atoms with E-state index < -0.39 is 23.4 Å². The Labute approximate surface area is 477 Å². The Morgan fingerprint density at radius 2 is 1.63 bits per heavy atom. The molecule has 0 bridgehead atoms. The van der Waals surface area contributed by atoms with Crippen LogP contribution in [-0.4, -0.2) is 103 Å². The Morgan fingerprint density at radius 3 is 2.38 bits per heavy atom. The number of benzene rings is 6. The Balaban J connectivity index is 1.05. The van der Waals surface area contributed by atoms with Gasteiger partial charge in [0.05, 0.1) is 26.0 Å². The minimum Gasteiger partial charge on any atom is -0.507 e. The minimum atomic E-state index is -1.07. The number of aliphatic hydroxyl groups excluding tert-OH is 1. The zero-order valence-corrected chi connectivity index (χ0v) is 47.7. The Hall–Kier alpha value is -6.68. The van der Waals surface area contributed by atoms with E-state index in [1.54, 1.807) is 7.11 Å². The molecule has 13 nitrogen and oxygen atoms in total. The van der Waals surface area contributed by atoms with E-state index in [2.05, 4.69) is 125 Å². The molecule has 2 aliphatic heterocycles. The number of nitrogens with one attached hydrogen (secondary N) is 5. The Morgan fingerprint density at radius 1 is 0.840 bits per heavy atom. The van der Waals surface area contributed by atoms with Crippen molar-refractivity contribution in [3.63, 3.8) is 0 Å². The fourth-order valence-electron chi connectivity index (χ4n) is 13.7. The molecule has 6 aromatic carbocycles. The van der Waals surface area contributed by atoms with Gasteiger partial charge in [-0.05, 0) is 182 Å².